The topological polar surface area (TPSA) is 120 Å². The van der Waals surface area contributed by atoms with Crippen molar-refractivity contribution in [1.82, 2.24) is 15.2 Å². The van der Waals surface area contributed by atoms with Crippen LogP contribution in [0.25, 0.3) is 0 Å². The van der Waals surface area contributed by atoms with E-state index < -0.39 is 24.3 Å². The first-order chi connectivity index (χ1) is 15.5. The molecule has 2 aliphatic rings. The first-order valence-corrected chi connectivity index (χ1v) is 10.0. The number of fused-ring (bicyclic) bond motifs is 1. The van der Waals surface area contributed by atoms with Crippen molar-refractivity contribution >= 4 is 17.8 Å². The van der Waals surface area contributed by atoms with Crippen LogP contribution in [0.3, 0.4) is 0 Å². The number of hydrogen-bond donors (Lipinski definition) is 3. The summed E-state index contributed by atoms with van der Waals surface area (Å²) in [6, 6.07) is 4.37. The van der Waals surface area contributed by atoms with Crippen LogP contribution in [0.15, 0.2) is 24.5 Å². The van der Waals surface area contributed by atoms with E-state index in [0.29, 0.717) is 12.3 Å². The van der Waals surface area contributed by atoms with Gasteiger partial charge in [0.05, 0.1) is 0 Å². The van der Waals surface area contributed by atoms with Gasteiger partial charge in [0, 0.05) is 44.5 Å². The van der Waals surface area contributed by atoms with Crippen LogP contribution in [0.1, 0.15) is 25.8 Å². The van der Waals surface area contributed by atoms with Gasteiger partial charge in [0.1, 0.15) is 0 Å². The average Bonchev–Trinajstić information content (AvgIpc) is 3.12. The van der Waals surface area contributed by atoms with Crippen LogP contribution < -0.4 is 5.32 Å². The van der Waals surface area contributed by atoms with Gasteiger partial charge >= 0.3 is 24.3 Å². The van der Waals surface area contributed by atoms with Gasteiger partial charge in [-0.15, -0.1) is 0 Å². The second-order valence-electron chi connectivity index (χ2n) is 8.08. The van der Waals surface area contributed by atoms with E-state index in [-0.39, 0.29) is 11.9 Å². The standard InChI is InChI=1S/C16H23N3O.2C2HF3O2/c1-11(2)18-16(20)6-13-14-9-19(10-15(13)14)8-12-4-3-5-17-7-12;2*3-2(4,5)1(6)7/h3-5,7,11,13-15H,6,8-10H2,1-2H3,(H,18,20);2*(H,6,7)/t13?,14-,15+;;. The van der Waals surface area contributed by atoms with Crippen LogP contribution >= 0.6 is 0 Å². The summed E-state index contributed by atoms with van der Waals surface area (Å²) in [6.45, 7) is 7.30. The second kappa shape index (κ2) is 12.0. The van der Waals surface area contributed by atoms with Crippen LogP contribution in [0.2, 0.25) is 0 Å². The lowest BCUT2D eigenvalue weighted by Gasteiger charge is -2.19. The van der Waals surface area contributed by atoms with Gasteiger partial charge in [0.2, 0.25) is 5.91 Å². The summed E-state index contributed by atoms with van der Waals surface area (Å²) in [7, 11) is 0. The molecule has 2 heterocycles. The molecule has 3 N–H and O–H groups in total. The SMILES string of the molecule is CC(C)NC(=O)CC1[C@H]2CN(Cc3cccnc3)C[C@@H]12.O=C(O)C(F)(F)F.O=C(O)C(F)(F)F. The normalized spacial score (nSPS) is 21.4. The number of likely N-dealkylation sites (tertiary alicyclic amines) is 1. The lowest BCUT2D eigenvalue weighted by atomic mass is 10.1. The molecule has 0 aromatic carbocycles. The molecule has 192 valence electrons. The predicted molar refractivity (Wildman–Crippen MR) is 105 cm³/mol. The van der Waals surface area contributed by atoms with Crippen LogP contribution in [-0.4, -0.2) is 69.4 Å². The maximum atomic E-state index is 11.8. The predicted octanol–water partition coefficient (Wildman–Crippen LogP) is 2.94. The van der Waals surface area contributed by atoms with E-state index in [4.69, 9.17) is 19.8 Å². The number of pyridine rings is 1. The Hall–Kier alpha value is -2.90. The molecule has 1 aliphatic heterocycles. The molecule has 1 amide bonds. The molecule has 8 nitrogen and oxygen atoms in total. The fourth-order valence-corrected chi connectivity index (χ4v) is 3.51. The van der Waals surface area contributed by atoms with Crippen molar-refractivity contribution in [2.75, 3.05) is 13.1 Å². The van der Waals surface area contributed by atoms with Crippen molar-refractivity contribution in [1.29, 1.82) is 0 Å². The molecule has 3 atom stereocenters. The third-order valence-corrected chi connectivity index (χ3v) is 4.93. The van der Waals surface area contributed by atoms with E-state index in [2.05, 4.69) is 21.3 Å². The summed E-state index contributed by atoms with van der Waals surface area (Å²) in [6.07, 6.45) is -5.69. The number of carboxylic acids is 2. The molecular weight excluding hydrogens is 476 g/mol. The van der Waals surface area contributed by atoms with Gasteiger partial charge in [-0.25, -0.2) is 9.59 Å². The molecule has 1 unspecified atom stereocenters. The molecule has 1 aliphatic carbocycles. The van der Waals surface area contributed by atoms with Gasteiger partial charge in [-0.05, 0) is 43.2 Å². The molecule has 1 aromatic rings. The second-order valence-corrected chi connectivity index (χ2v) is 8.08. The smallest absolute Gasteiger partial charge is 0.475 e. The van der Waals surface area contributed by atoms with Crippen LogP contribution in [0.4, 0.5) is 26.3 Å². The summed E-state index contributed by atoms with van der Waals surface area (Å²) >= 11 is 0. The number of halogens is 6. The number of aromatic nitrogens is 1. The lowest BCUT2D eigenvalue weighted by molar-refractivity contribution is -0.193. The first kappa shape index (κ1) is 29.1. The maximum Gasteiger partial charge on any atom is 0.490 e. The number of nitrogens with zero attached hydrogens (tertiary/aromatic N) is 2. The number of nitrogens with one attached hydrogen (secondary N) is 1. The number of aliphatic carboxylic acids is 2. The van der Waals surface area contributed by atoms with Gasteiger partial charge in [-0.2, -0.15) is 26.3 Å². The Morgan fingerprint density at radius 3 is 1.88 bits per heavy atom. The van der Waals surface area contributed by atoms with Crippen molar-refractivity contribution in [2.45, 2.75) is 45.2 Å². The highest BCUT2D eigenvalue weighted by molar-refractivity contribution is 5.77. The summed E-state index contributed by atoms with van der Waals surface area (Å²) in [5.74, 6) is -3.19. The van der Waals surface area contributed by atoms with Gasteiger partial charge in [0.25, 0.3) is 0 Å². The van der Waals surface area contributed by atoms with Gasteiger partial charge < -0.3 is 15.5 Å². The summed E-state index contributed by atoms with van der Waals surface area (Å²) in [5, 5.41) is 17.2. The highest BCUT2D eigenvalue weighted by Crippen LogP contribution is 2.53. The van der Waals surface area contributed by atoms with E-state index in [1.165, 1.54) is 5.56 Å². The summed E-state index contributed by atoms with van der Waals surface area (Å²) < 4.78 is 63.5. The molecule has 0 spiro atoms. The molecule has 1 aromatic heterocycles. The fourth-order valence-electron chi connectivity index (χ4n) is 3.51. The van der Waals surface area contributed by atoms with Crippen molar-refractivity contribution in [3.8, 4) is 0 Å². The first-order valence-electron chi connectivity index (χ1n) is 10.0. The minimum absolute atomic E-state index is 0.221. The number of hydrogen-bond acceptors (Lipinski definition) is 5. The minimum atomic E-state index is -5.08. The van der Waals surface area contributed by atoms with Crippen molar-refractivity contribution in [3.63, 3.8) is 0 Å². The molecular formula is C20H25F6N3O5. The highest BCUT2D eigenvalue weighted by atomic mass is 19.4. The van der Waals surface area contributed by atoms with E-state index in [1.54, 1.807) is 0 Å². The molecule has 0 bridgehead atoms. The largest absolute Gasteiger partial charge is 0.490 e. The zero-order valence-electron chi connectivity index (χ0n) is 18.2. The molecule has 2 fully saturated rings. The number of alkyl halides is 6. The average molecular weight is 501 g/mol. The summed E-state index contributed by atoms with van der Waals surface area (Å²) in [5.41, 5.74) is 1.28. The van der Waals surface area contributed by atoms with E-state index >= 15 is 0 Å². The highest BCUT2D eigenvalue weighted by Gasteiger charge is 2.55. The third-order valence-electron chi connectivity index (χ3n) is 4.93. The lowest BCUT2D eigenvalue weighted by Crippen LogP contribution is -2.31. The third kappa shape index (κ3) is 10.4. The van der Waals surface area contributed by atoms with Crippen molar-refractivity contribution < 1.29 is 50.9 Å². The van der Waals surface area contributed by atoms with Crippen LogP contribution in [-0.2, 0) is 20.9 Å². The number of carbonyl (C=O) groups excluding carboxylic acids is 1. The van der Waals surface area contributed by atoms with Crippen molar-refractivity contribution in [3.05, 3.63) is 30.1 Å². The fraction of sp³-hybridized carbons (Fsp3) is 0.600. The molecule has 34 heavy (non-hydrogen) atoms. The van der Waals surface area contributed by atoms with Crippen LogP contribution in [0.5, 0.6) is 0 Å². The maximum absolute atomic E-state index is 11.8. The summed E-state index contributed by atoms with van der Waals surface area (Å²) in [4.78, 5) is 36.2. The van der Waals surface area contributed by atoms with E-state index in [0.717, 1.165) is 31.5 Å². The molecule has 14 heteroatoms. The van der Waals surface area contributed by atoms with Gasteiger partial charge in [-0.1, -0.05) is 6.07 Å². The van der Waals surface area contributed by atoms with Gasteiger partial charge in [-0.3, -0.25) is 14.7 Å². The quantitative estimate of drug-likeness (QED) is 0.531. The molecule has 3 rings (SSSR count). The van der Waals surface area contributed by atoms with Crippen molar-refractivity contribution in [2.24, 2.45) is 17.8 Å². The Bertz CT molecular complexity index is 796. The zero-order valence-corrected chi connectivity index (χ0v) is 18.2. The van der Waals surface area contributed by atoms with E-state index in [9.17, 15) is 31.1 Å². The Morgan fingerprint density at radius 1 is 1.06 bits per heavy atom. The van der Waals surface area contributed by atoms with E-state index in [1.807, 2.05) is 32.3 Å². The Balaban J connectivity index is 0.000000343. The van der Waals surface area contributed by atoms with Gasteiger partial charge in [0.15, 0.2) is 0 Å². The Morgan fingerprint density at radius 2 is 1.53 bits per heavy atom. The molecule has 0 radical (unpaired) electrons. The number of rotatable bonds is 5. The molecule has 1 saturated carbocycles. The number of carbonyl (C=O) groups is 3. The number of piperidine rings is 1. The zero-order chi connectivity index (χ0) is 26.3. The Kier molecular flexibility index (Phi) is 10.3. The number of amides is 1. The monoisotopic (exact) mass is 501 g/mol. The minimum Gasteiger partial charge on any atom is -0.475 e. The molecule has 1 saturated heterocycles. The van der Waals surface area contributed by atoms with Crippen LogP contribution in [0, 0.1) is 17.8 Å². The number of carboxylic acid groups (broad SMARTS) is 2. The Labute approximate surface area is 191 Å².